The Kier molecular flexibility index (Phi) is 7.88. The number of hydrogen-bond acceptors (Lipinski definition) is 0. The largest absolute Gasteiger partial charge is 0.325 e. The minimum absolute atomic E-state index is 1.07. The summed E-state index contributed by atoms with van der Waals surface area (Å²) in [5, 5.41) is 0. The molecule has 5 rings (SSSR count). The van der Waals surface area contributed by atoms with Gasteiger partial charge in [-0.2, -0.15) is 21.9 Å². The molecular formula is C34H36BN. The minimum atomic E-state index is -1.29. The first-order valence-electron chi connectivity index (χ1n) is 12.7. The Morgan fingerprint density at radius 2 is 0.694 bits per heavy atom. The second-order valence-electron chi connectivity index (χ2n) is 10.0. The maximum Gasteiger partial charge on any atom is 0.127 e. The Morgan fingerprint density at radius 3 is 0.917 bits per heavy atom. The molecule has 0 bridgehead atoms. The molecule has 0 aliphatic carbocycles. The normalized spacial score (nSPS) is 10.9. The van der Waals surface area contributed by atoms with E-state index in [9.17, 15) is 0 Å². The van der Waals surface area contributed by atoms with Crippen molar-refractivity contribution in [3.05, 3.63) is 150 Å². The first-order chi connectivity index (χ1) is 17.4. The van der Waals surface area contributed by atoms with Gasteiger partial charge in [0.2, 0.25) is 0 Å². The standard InChI is InChI=1S/C28H28B.C6H7N/c1-21-9-5-13-25(17-21)29(26-14-6-10-22(2)18-26,27-15-7-11-23(3)19-27)28-16-8-12-24(4)20-28;7-6-4-2-1-3-5-6/h5-20H,1-4H3;1-5H,7H2/q-1;/p+1. The van der Waals surface area contributed by atoms with Crippen molar-refractivity contribution < 1.29 is 5.73 Å². The zero-order valence-electron chi connectivity index (χ0n) is 21.9. The molecule has 3 N–H and O–H groups in total. The van der Waals surface area contributed by atoms with Crippen LogP contribution >= 0.6 is 0 Å². The Balaban J connectivity index is 0.000000375. The van der Waals surface area contributed by atoms with Crippen LogP contribution in [0.4, 0.5) is 5.69 Å². The zero-order valence-corrected chi connectivity index (χ0v) is 21.9. The van der Waals surface area contributed by atoms with Gasteiger partial charge in [0.1, 0.15) is 11.8 Å². The fourth-order valence-electron chi connectivity index (χ4n) is 5.39. The van der Waals surface area contributed by atoms with Crippen LogP contribution in [0.5, 0.6) is 0 Å². The van der Waals surface area contributed by atoms with Gasteiger partial charge in [0, 0.05) is 0 Å². The van der Waals surface area contributed by atoms with Crippen LogP contribution in [-0.2, 0) is 0 Å². The lowest BCUT2D eigenvalue weighted by Gasteiger charge is -2.45. The van der Waals surface area contributed by atoms with Gasteiger partial charge < -0.3 is 5.73 Å². The van der Waals surface area contributed by atoms with E-state index in [0.717, 1.165) is 5.69 Å². The van der Waals surface area contributed by atoms with Crippen molar-refractivity contribution in [2.24, 2.45) is 0 Å². The molecule has 36 heavy (non-hydrogen) atoms. The minimum Gasteiger partial charge on any atom is -0.325 e. The van der Waals surface area contributed by atoms with E-state index in [1.807, 2.05) is 30.3 Å². The van der Waals surface area contributed by atoms with Gasteiger partial charge in [0.25, 0.3) is 0 Å². The van der Waals surface area contributed by atoms with Gasteiger partial charge in [-0.15, -0.1) is 0 Å². The average Bonchev–Trinajstić information content (AvgIpc) is 2.86. The Bertz CT molecular complexity index is 1250. The van der Waals surface area contributed by atoms with Gasteiger partial charge >= 0.3 is 0 Å². The number of rotatable bonds is 4. The molecule has 0 spiro atoms. The Labute approximate surface area is 216 Å². The number of aryl methyl sites for hydroxylation is 4. The molecule has 0 unspecified atom stereocenters. The van der Waals surface area contributed by atoms with Crippen molar-refractivity contribution in [2.45, 2.75) is 27.7 Å². The van der Waals surface area contributed by atoms with Crippen LogP contribution in [0.25, 0.3) is 0 Å². The summed E-state index contributed by atoms with van der Waals surface area (Å²) < 4.78 is 0. The van der Waals surface area contributed by atoms with Crippen molar-refractivity contribution in [3.63, 3.8) is 0 Å². The van der Waals surface area contributed by atoms with E-state index < -0.39 is 6.15 Å². The lowest BCUT2D eigenvalue weighted by Crippen LogP contribution is -2.75. The summed E-state index contributed by atoms with van der Waals surface area (Å²) in [5.41, 5.74) is 15.4. The third-order valence-corrected chi connectivity index (χ3v) is 7.01. The average molecular weight is 469 g/mol. The third-order valence-electron chi connectivity index (χ3n) is 7.01. The molecule has 5 aromatic rings. The molecule has 180 valence electrons. The maximum atomic E-state index is 3.72. The first-order valence-corrected chi connectivity index (χ1v) is 12.7. The van der Waals surface area contributed by atoms with Gasteiger partial charge in [-0.3, -0.25) is 0 Å². The summed E-state index contributed by atoms with van der Waals surface area (Å²) in [7, 11) is 0. The van der Waals surface area contributed by atoms with Crippen LogP contribution < -0.4 is 27.6 Å². The fraction of sp³-hybridized carbons (Fsp3) is 0.118. The zero-order chi connectivity index (χ0) is 25.5. The monoisotopic (exact) mass is 469 g/mol. The van der Waals surface area contributed by atoms with E-state index in [0.29, 0.717) is 0 Å². The number of hydrogen-bond donors (Lipinski definition) is 1. The predicted molar refractivity (Wildman–Crippen MR) is 158 cm³/mol. The second kappa shape index (κ2) is 11.2. The highest BCUT2D eigenvalue weighted by Crippen LogP contribution is 2.13. The van der Waals surface area contributed by atoms with Gasteiger partial charge in [0.15, 0.2) is 0 Å². The van der Waals surface area contributed by atoms with E-state index in [-0.39, 0.29) is 0 Å². The molecule has 0 saturated carbocycles. The molecule has 0 aliphatic heterocycles. The number of benzene rings is 5. The highest BCUT2D eigenvalue weighted by atomic mass is 14.5. The first kappa shape index (κ1) is 25.2. The van der Waals surface area contributed by atoms with E-state index >= 15 is 0 Å². The van der Waals surface area contributed by atoms with E-state index in [4.69, 9.17) is 0 Å². The molecule has 1 nitrogen and oxygen atoms in total. The topological polar surface area (TPSA) is 27.6 Å². The molecule has 0 amide bonds. The van der Waals surface area contributed by atoms with Crippen LogP contribution in [0.15, 0.2) is 127 Å². The molecule has 0 heterocycles. The van der Waals surface area contributed by atoms with Crippen LogP contribution in [-0.4, -0.2) is 6.15 Å². The predicted octanol–water partition coefficient (Wildman–Crippen LogP) is 4.86. The summed E-state index contributed by atoms with van der Waals surface area (Å²) in [6.45, 7) is 8.75. The van der Waals surface area contributed by atoms with Crippen LogP contribution in [0.2, 0.25) is 0 Å². The molecule has 5 aromatic carbocycles. The third kappa shape index (κ3) is 5.51. The van der Waals surface area contributed by atoms with Crippen LogP contribution in [0.1, 0.15) is 22.3 Å². The van der Waals surface area contributed by atoms with Crippen molar-refractivity contribution in [1.29, 1.82) is 0 Å². The van der Waals surface area contributed by atoms with Gasteiger partial charge in [0.05, 0.1) is 0 Å². The highest BCUT2D eigenvalue weighted by Gasteiger charge is 2.32. The van der Waals surface area contributed by atoms with Crippen molar-refractivity contribution in [1.82, 2.24) is 0 Å². The summed E-state index contributed by atoms with van der Waals surface area (Å²) in [6.07, 6.45) is -1.29. The molecule has 0 radical (unpaired) electrons. The van der Waals surface area contributed by atoms with Crippen molar-refractivity contribution in [2.75, 3.05) is 0 Å². The highest BCUT2D eigenvalue weighted by molar-refractivity contribution is 7.19. The molecule has 0 atom stereocenters. The maximum absolute atomic E-state index is 3.72. The summed E-state index contributed by atoms with van der Waals surface area (Å²) in [4.78, 5) is 0. The van der Waals surface area contributed by atoms with Crippen molar-refractivity contribution >= 4 is 33.7 Å². The summed E-state index contributed by atoms with van der Waals surface area (Å²) in [5.74, 6) is 0. The van der Waals surface area contributed by atoms with Gasteiger partial charge in [-0.25, -0.2) is 0 Å². The van der Waals surface area contributed by atoms with Crippen LogP contribution in [0, 0.1) is 27.7 Å². The lowest BCUT2D eigenvalue weighted by molar-refractivity contribution is -0.254. The molecule has 0 saturated heterocycles. The number of quaternary nitrogens is 1. The molecule has 0 aliphatic rings. The summed E-state index contributed by atoms with van der Waals surface area (Å²) >= 11 is 0. The van der Waals surface area contributed by atoms with Crippen LogP contribution in [0.3, 0.4) is 0 Å². The summed E-state index contributed by atoms with van der Waals surface area (Å²) in [6, 6.07) is 46.1. The van der Waals surface area contributed by atoms with Crippen molar-refractivity contribution in [3.8, 4) is 0 Å². The lowest BCUT2D eigenvalue weighted by atomic mass is 9.13. The Morgan fingerprint density at radius 1 is 0.389 bits per heavy atom. The quantitative estimate of drug-likeness (QED) is 0.364. The second-order valence-corrected chi connectivity index (χ2v) is 10.0. The Hall–Kier alpha value is -3.88. The smallest absolute Gasteiger partial charge is 0.127 e. The molecule has 2 heteroatoms. The van der Waals surface area contributed by atoms with Gasteiger partial charge in [-0.1, -0.05) is 138 Å². The van der Waals surface area contributed by atoms with E-state index in [1.165, 1.54) is 44.1 Å². The van der Waals surface area contributed by atoms with Gasteiger partial charge in [-0.05, 0) is 39.8 Å². The molecule has 0 fully saturated rings. The van der Waals surface area contributed by atoms with E-state index in [1.54, 1.807) is 0 Å². The molecular weight excluding hydrogens is 433 g/mol. The molecule has 0 aromatic heterocycles. The fourth-order valence-corrected chi connectivity index (χ4v) is 5.39. The SMILES string of the molecule is Cc1cccc([B-](c2cccc(C)c2)(c2cccc(C)c2)c2cccc(C)c2)c1.[NH3+]c1ccccc1. The van der Waals surface area contributed by atoms with E-state index in [2.05, 4.69) is 130 Å².